The van der Waals surface area contributed by atoms with Crippen molar-refractivity contribution >= 4 is 128 Å². The van der Waals surface area contributed by atoms with E-state index in [0.717, 1.165) is 103 Å². The Kier molecular flexibility index (Phi) is 48.8. The molecule has 6 N–H and O–H groups in total. The van der Waals surface area contributed by atoms with E-state index in [1.54, 1.807) is 79.7 Å². The molecular weight excluding hydrogens is 1840 g/mol. The summed E-state index contributed by atoms with van der Waals surface area (Å²) in [5.41, 5.74) is 26.7. The van der Waals surface area contributed by atoms with Gasteiger partial charge in [-0.25, -0.2) is 38.0 Å². The van der Waals surface area contributed by atoms with Gasteiger partial charge in [-0.3, -0.25) is 40.5 Å². The molecule has 0 unspecified atom stereocenters. The van der Waals surface area contributed by atoms with Crippen LogP contribution in [-0.4, -0.2) is 108 Å². The number of hydrogen-bond acceptors (Lipinski definition) is 25. The Balaban J connectivity index is 0.000000244. The van der Waals surface area contributed by atoms with Crippen molar-refractivity contribution in [3.05, 3.63) is 241 Å². The zero-order valence-corrected chi connectivity index (χ0v) is 82.4. The Bertz CT molecular complexity index is 4870. The number of carbonyl (C=O) groups excluding carboxylic acids is 7. The van der Waals surface area contributed by atoms with Crippen LogP contribution >= 0.6 is 46.4 Å². The molecule has 5 saturated carbocycles. The number of nitro groups is 4. The Hall–Kier alpha value is -11.2. The number of esters is 7. The van der Waals surface area contributed by atoms with Gasteiger partial charge in [-0.1, -0.05) is 213 Å². The number of nitrogens with zero attached hydrogens (tertiary/aromatic N) is 4. The highest BCUT2D eigenvalue weighted by atomic mass is 35.5. The molecule has 136 heavy (non-hydrogen) atoms. The molecule has 0 radical (unpaired) electrons. The van der Waals surface area contributed by atoms with E-state index in [9.17, 15) is 82.8 Å². The lowest BCUT2D eigenvalue weighted by atomic mass is 9.84. The molecule has 0 bridgehead atoms. The van der Waals surface area contributed by atoms with Crippen LogP contribution in [-0.2, 0) is 65.3 Å². The summed E-state index contributed by atoms with van der Waals surface area (Å²) in [7, 11) is 0. The van der Waals surface area contributed by atoms with E-state index in [1.165, 1.54) is 171 Å². The number of nitrogens with two attached hydrogens (primary N) is 3. The summed E-state index contributed by atoms with van der Waals surface area (Å²) in [6.45, 7) is 19.0. The molecule has 29 nitrogen and oxygen atoms in total. The fourth-order valence-corrected chi connectivity index (χ4v) is 18.4. The van der Waals surface area contributed by atoms with Crippen LogP contribution in [0.3, 0.4) is 0 Å². The van der Waals surface area contributed by atoms with E-state index < -0.39 is 67.9 Å². The van der Waals surface area contributed by atoms with Crippen molar-refractivity contribution in [3.8, 4) is 0 Å². The highest BCUT2D eigenvalue weighted by Crippen LogP contribution is 2.39. The van der Waals surface area contributed by atoms with Crippen LogP contribution in [0, 0.1) is 102 Å². The molecule has 0 atom stereocenters. The highest BCUT2D eigenvalue weighted by Gasteiger charge is 2.31. The van der Waals surface area contributed by atoms with Crippen molar-refractivity contribution in [1.29, 1.82) is 0 Å². The minimum Gasteiger partial charge on any atom is -0.462 e. The van der Waals surface area contributed by atoms with Gasteiger partial charge in [0.25, 0.3) is 17.1 Å². The van der Waals surface area contributed by atoms with Crippen molar-refractivity contribution in [3.63, 3.8) is 0 Å². The molecule has 12 rings (SSSR count). The first kappa shape index (κ1) is 114. The molecule has 742 valence electrons. The topological polar surface area (TPSA) is 435 Å². The van der Waals surface area contributed by atoms with Gasteiger partial charge in [0.1, 0.15) is 10.8 Å². The molecule has 0 aliphatic heterocycles. The van der Waals surface area contributed by atoms with Crippen LogP contribution in [0.25, 0.3) is 0 Å². The summed E-state index contributed by atoms with van der Waals surface area (Å²) < 4.78 is 61.2. The summed E-state index contributed by atoms with van der Waals surface area (Å²) in [6.07, 6.45) is 35.1. The number of ether oxygens (including phenoxy) is 7. The third kappa shape index (κ3) is 35.8. The lowest BCUT2D eigenvalue weighted by molar-refractivity contribution is -0.387. The standard InChI is InChI=1S/C17H23NO4.C17H25NO2.C16H20ClNO4.C16H22ClNO2.C16H22FNO2.C10H10ClNO4.C9H7ClFNO4/c1-3-22-17(19)15-11-16(18(20)21)14(9-12(15)2)10-13-7-5-4-6-8-13;1-3-20-17(19)15-11-16(18)14(9-12(15)2)10-13-7-5-4-6-8-13;1-2-22-16(19)13-10-15(18(20)21)12(9-14(13)17)8-11-6-4-3-5-7-11;2*1-2-20-16(19)13-10-15(18)12(9-14(13)17)8-11-6-4-3-5-7-11;1-3-16-10(13)7-5-9(12(14)15)8(11)4-6(7)2;1-2-16-9(13)5-3-8(12(14)15)7(11)4-6(5)10/h9,11,13H,3-8,10H2,1-2H3;9,11,13H,3-8,10,18H2,1-2H3;9-11H,2-8H2,1H3;2*9-11H,2-8,18H2,1H3;4-5H,3H2,1-2H3;3-4H,2H2,1H3. The van der Waals surface area contributed by atoms with E-state index in [2.05, 4.69) is 10.8 Å². The number of hydrogen-bond donors (Lipinski definition) is 3. The lowest BCUT2D eigenvalue weighted by Gasteiger charge is -2.22. The minimum absolute atomic E-state index is 0.00977. The Morgan fingerprint density at radius 1 is 0.279 bits per heavy atom. The molecule has 0 amide bonds. The zero-order chi connectivity index (χ0) is 100. The summed E-state index contributed by atoms with van der Waals surface area (Å²) in [5.74, 6) is -2.50. The molecule has 0 heterocycles. The molecule has 0 spiro atoms. The van der Waals surface area contributed by atoms with E-state index >= 15 is 0 Å². The van der Waals surface area contributed by atoms with Gasteiger partial charge in [0, 0.05) is 58.5 Å². The number of carbonyl (C=O) groups is 7. The van der Waals surface area contributed by atoms with Crippen molar-refractivity contribution in [2.24, 2.45) is 29.6 Å². The second-order valence-corrected chi connectivity index (χ2v) is 35.8. The summed E-state index contributed by atoms with van der Waals surface area (Å²) in [6, 6.07) is 20.1. The van der Waals surface area contributed by atoms with Crippen LogP contribution < -0.4 is 17.2 Å². The van der Waals surface area contributed by atoms with Crippen molar-refractivity contribution in [1.82, 2.24) is 0 Å². The predicted molar refractivity (Wildman–Crippen MR) is 522 cm³/mol. The SMILES string of the molecule is CCOC(=O)c1cc(N)c(CC2CCCCC2)cc1C.CCOC(=O)c1cc(N)c(CC2CCCCC2)cc1Cl.CCOC(=O)c1cc(N)c(CC2CCCCC2)cc1F.CCOC(=O)c1cc([N+](=O)[O-])c(CC2CCCCC2)cc1C.CCOC(=O)c1cc([N+](=O)[O-])c(CC2CCCCC2)cc1Cl.CCOC(=O)c1cc([N+](=O)[O-])c(Cl)cc1C.CCOC(=O)c1cc([N+](=O)[O-])c(F)cc1Cl. The molecule has 0 saturated heterocycles. The Morgan fingerprint density at radius 3 is 0.831 bits per heavy atom. The molecule has 5 fully saturated rings. The average molecular weight is 1970 g/mol. The summed E-state index contributed by atoms with van der Waals surface area (Å²) in [5, 5.41) is 44.2. The molecule has 35 heteroatoms. The Morgan fingerprint density at radius 2 is 0.500 bits per heavy atom. The highest BCUT2D eigenvalue weighted by molar-refractivity contribution is 6.35. The summed E-state index contributed by atoms with van der Waals surface area (Å²) >= 11 is 23.6. The molecule has 5 aliphatic carbocycles. The number of halogens is 6. The van der Waals surface area contributed by atoms with E-state index in [-0.39, 0.29) is 98.3 Å². The van der Waals surface area contributed by atoms with E-state index in [4.69, 9.17) is 92.0 Å². The first-order valence-corrected chi connectivity index (χ1v) is 48.4. The monoisotopic (exact) mass is 1970 g/mol. The second kappa shape index (κ2) is 58.4. The molecule has 7 aromatic carbocycles. The first-order chi connectivity index (χ1) is 64.8. The number of anilines is 3. The molecular formula is C101H129Cl4F2N7O22. The lowest BCUT2D eigenvalue weighted by Crippen LogP contribution is -2.13. The second-order valence-electron chi connectivity index (χ2n) is 34.2. The maximum absolute atomic E-state index is 14.0. The van der Waals surface area contributed by atoms with Crippen molar-refractivity contribution in [2.75, 3.05) is 63.4 Å². The van der Waals surface area contributed by atoms with Crippen LogP contribution in [0.4, 0.5) is 48.6 Å². The molecule has 5 aliphatic rings. The van der Waals surface area contributed by atoms with Crippen molar-refractivity contribution in [2.45, 2.75) is 262 Å². The zero-order valence-electron chi connectivity index (χ0n) is 79.4. The largest absolute Gasteiger partial charge is 0.462 e. The summed E-state index contributed by atoms with van der Waals surface area (Å²) in [4.78, 5) is 123. The maximum atomic E-state index is 14.0. The van der Waals surface area contributed by atoms with Gasteiger partial charge in [-0.15, -0.1) is 0 Å². The third-order valence-electron chi connectivity index (χ3n) is 24.3. The quantitative estimate of drug-likeness (QED) is 0.0135. The van der Waals surface area contributed by atoms with Crippen LogP contribution in [0.5, 0.6) is 0 Å². The maximum Gasteiger partial charge on any atom is 0.341 e. The van der Waals surface area contributed by atoms with Gasteiger partial charge >= 0.3 is 47.5 Å². The number of aryl methyl sites for hydroxylation is 3. The number of benzene rings is 7. The van der Waals surface area contributed by atoms with Gasteiger partial charge in [0.15, 0.2) is 0 Å². The van der Waals surface area contributed by atoms with Crippen LogP contribution in [0.1, 0.15) is 326 Å². The van der Waals surface area contributed by atoms with Crippen LogP contribution in [0.15, 0.2) is 84.9 Å². The predicted octanol–water partition coefficient (Wildman–Crippen LogP) is 25.9. The smallest absolute Gasteiger partial charge is 0.341 e. The fourth-order valence-electron chi connectivity index (χ4n) is 17.3. The fraction of sp³-hybridized carbons (Fsp3) is 0.515. The van der Waals surface area contributed by atoms with E-state index in [0.29, 0.717) is 93.6 Å². The Labute approximate surface area is 813 Å². The van der Waals surface area contributed by atoms with Crippen molar-refractivity contribution < 1.29 is 95.2 Å². The number of nitrogen functional groups attached to an aromatic ring is 3. The number of nitro benzene ring substituents is 4. The van der Waals surface area contributed by atoms with E-state index in [1.807, 2.05) is 19.9 Å². The van der Waals surface area contributed by atoms with Gasteiger partial charge in [-0.05, 0) is 213 Å². The first-order valence-electron chi connectivity index (χ1n) is 46.9. The molecule has 7 aromatic rings. The van der Waals surface area contributed by atoms with Gasteiger partial charge in [0.2, 0.25) is 5.82 Å². The minimum atomic E-state index is -1.09. The third-order valence-corrected chi connectivity index (χ3v) is 25.5. The van der Waals surface area contributed by atoms with Gasteiger partial charge < -0.3 is 50.4 Å². The normalized spacial score (nSPS) is 14.5. The average Bonchev–Trinajstić information content (AvgIpc) is 0.799. The number of rotatable bonds is 28. The molecule has 0 aromatic heterocycles. The van der Waals surface area contributed by atoms with Gasteiger partial charge in [-0.2, -0.15) is 4.39 Å². The van der Waals surface area contributed by atoms with Gasteiger partial charge in [0.05, 0.1) is 120 Å². The van der Waals surface area contributed by atoms with Crippen LogP contribution in [0.2, 0.25) is 20.1 Å².